The summed E-state index contributed by atoms with van der Waals surface area (Å²) in [5.74, 6) is 0.552. The van der Waals surface area contributed by atoms with E-state index >= 15 is 0 Å². The normalized spacial score (nSPS) is 10.8. The maximum Gasteiger partial charge on any atom is 0.268 e. The van der Waals surface area contributed by atoms with Crippen LogP contribution in [-0.2, 0) is 0 Å². The molecule has 2 aromatic rings. The van der Waals surface area contributed by atoms with Crippen molar-refractivity contribution in [2.24, 2.45) is 0 Å². The first kappa shape index (κ1) is 7.02. The van der Waals surface area contributed by atoms with Gasteiger partial charge in [0.05, 0.1) is 11.4 Å². The van der Waals surface area contributed by atoms with Crippen molar-refractivity contribution < 1.29 is 4.42 Å². The van der Waals surface area contributed by atoms with E-state index in [1.165, 1.54) is 0 Å². The fraction of sp³-hybridized carbons (Fsp3) is 0.286. The van der Waals surface area contributed by atoms with Gasteiger partial charge in [-0.05, 0) is 6.92 Å². The lowest BCUT2D eigenvalue weighted by Gasteiger charge is -1.94. The second-order valence-electron chi connectivity index (χ2n) is 2.59. The second-order valence-corrected chi connectivity index (χ2v) is 2.59. The molecule has 5 nitrogen and oxygen atoms in total. The number of nitrogens with two attached hydrogens (primary N) is 1. The van der Waals surface area contributed by atoms with Crippen LogP contribution in [0.4, 0.5) is 5.69 Å². The van der Waals surface area contributed by atoms with E-state index in [0.717, 1.165) is 0 Å². The Morgan fingerprint density at radius 3 is 2.75 bits per heavy atom. The second kappa shape index (κ2) is 2.17. The monoisotopic (exact) mass is 164 g/mol. The van der Waals surface area contributed by atoms with Crippen LogP contribution in [0.3, 0.4) is 0 Å². The molecular weight excluding hydrogens is 156 g/mol. The zero-order valence-electron chi connectivity index (χ0n) is 6.83. The van der Waals surface area contributed by atoms with Gasteiger partial charge >= 0.3 is 0 Å². The standard InChI is InChI=1S/C7H8N4O/c1-3-5(8)6-7(11-10-3)12-4(2)9-6/h1-2H3,(H2,8,11). The third-order valence-electron chi connectivity index (χ3n) is 1.65. The van der Waals surface area contributed by atoms with Gasteiger partial charge in [0.15, 0.2) is 11.4 Å². The number of fused-ring (bicyclic) bond motifs is 1. The van der Waals surface area contributed by atoms with Crippen LogP contribution in [0.25, 0.3) is 11.2 Å². The zero-order chi connectivity index (χ0) is 8.72. The maximum atomic E-state index is 5.71. The van der Waals surface area contributed by atoms with Crippen LogP contribution in [0.1, 0.15) is 11.6 Å². The molecule has 0 bridgehead atoms. The van der Waals surface area contributed by atoms with E-state index < -0.39 is 0 Å². The molecule has 0 aromatic carbocycles. The van der Waals surface area contributed by atoms with Gasteiger partial charge < -0.3 is 10.2 Å². The van der Waals surface area contributed by atoms with Gasteiger partial charge in [-0.1, -0.05) is 0 Å². The van der Waals surface area contributed by atoms with E-state index in [-0.39, 0.29) is 0 Å². The lowest BCUT2D eigenvalue weighted by atomic mass is 10.3. The summed E-state index contributed by atoms with van der Waals surface area (Å²) in [6, 6.07) is 0. The Morgan fingerprint density at radius 2 is 2.00 bits per heavy atom. The number of hydrogen-bond donors (Lipinski definition) is 1. The van der Waals surface area contributed by atoms with E-state index in [0.29, 0.717) is 28.5 Å². The predicted octanol–water partition coefficient (Wildman–Crippen LogP) is 0.817. The van der Waals surface area contributed by atoms with Gasteiger partial charge in [-0.25, -0.2) is 4.98 Å². The molecule has 2 aromatic heterocycles. The summed E-state index contributed by atoms with van der Waals surface area (Å²) >= 11 is 0. The van der Waals surface area contributed by atoms with Gasteiger partial charge in [-0.3, -0.25) is 0 Å². The molecule has 0 unspecified atom stereocenters. The van der Waals surface area contributed by atoms with Crippen LogP contribution < -0.4 is 5.73 Å². The average Bonchev–Trinajstić information content (AvgIpc) is 2.39. The Kier molecular flexibility index (Phi) is 1.27. The Balaban J connectivity index is 2.89. The first-order valence-corrected chi connectivity index (χ1v) is 3.54. The minimum Gasteiger partial charge on any atom is -0.421 e. The van der Waals surface area contributed by atoms with Crippen molar-refractivity contribution >= 4 is 16.9 Å². The summed E-state index contributed by atoms with van der Waals surface area (Å²) in [5, 5.41) is 7.61. The number of hydrogen-bond acceptors (Lipinski definition) is 5. The van der Waals surface area contributed by atoms with Crippen LogP contribution in [0.5, 0.6) is 0 Å². The fourth-order valence-corrected chi connectivity index (χ4v) is 1.01. The number of nitrogen functional groups attached to an aromatic ring is 1. The SMILES string of the molecule is Cc1nc2c(N)c(C)nnc2o1. The first-order chi connectivity index (χ1) is 5.68. The van der Waals surface area contributed by atoms with Crippen molar-refractivity contribution in [2.45, 2.75) is 13.8 Å². The van der Waals surface area contributed by atoms with Gasteiger partial charge in [-0.2, -0.15) is 0 Å². The Morgan fingerprint density at radius 1 is 1.25 bits per heavy atom. The Hall–Kier alpha value is -1.65. The summed E-state index contributed by atoms with van der Waals surface area (Å²) in [5.41, 5.74) is 7.92. The summed E-state index contributed by atoms with van der Waals surface area (Å²) in [7, 11) is 0. The minimum absolute atomic E-state index is 0.399. The molecule has 0 aliphatic heterocycles. The highest BCUT2D eigenvalue weighted by molar-refractivity contribution is 5.82. The van der Waals surface area contributed by atoms with Gasteiger partial charge in [0.1, 0.15) is 0 Å². The Bertz CT molecular complexity index is 434. The summed E-state index contributed by atoms with van der Waals surface area (Å²) < 4.78 is 5.14. The van der Waals surface area contributed by atoms with E-state index in [4.69, 9.17) is 10.2 Å². The number of nitrogens with zero attached hydrogens (tertiary/aromatic N) is 3. The van der Waals surface area contributed by atoms with E-state index in [1.807, 2.05) is 0 Å². The van der Waals surface area contributed by atoms with E-state index in [2.05, 4.69) is 15.2 Å². The van der Waals surface area contributed by atoms with Gasteiger partial charge in [0.25, 0.3) is 5.71 Å². The molecule has 0 saturated heterocycles. The average molecular weight is 164 g/mol. The zero-order valence-corrected chi connectivity index (χ0v) is 6.83. The topological polar surface area (TPSA) is 77.8 Å². The minimum atomic E-state index is 0.399. The van der Waals surface area contributed by atoms with E-state index in [1.54, 1.807) is 13.8 Å². The van der Waals surface area contributed by atoms with Crippen LogP contribution in [0.15, 0.2) is 4.42 Å². The quantitative estimate of drug-likeness (QED) is 0.623. The lowest BCUT2D eigenvalue weighted by molar-refractivity contribution is 0.546. The van der Waals surface area contributed by atoms with Crippen molar-refractivity contribution in [1.82, 2.24) is 15.2 Å². The van der Waals surface area contributed by atoms with Crippen molar-refractivity contribution in [3.63, 3.8) is 0 Å². The highest BCUT2D eigenvalue weighted by Crippen LogP contribution is 2.19. The van der Waals surface area contributed by atoms with Crippen LogP contribution in [-0.4, -0.2) is 15.2 Å². The van der Waals surface area contributed by atoms with Crippen LogP contribution in [0, 0.1) is 13.8 Å². The first-order valence-electron chi connectivity index (χ1n) is 3.54. The molecular formula is C7H8N4O. The summed E-state index contributed by atoms with van der Waals surface area (Å²) in [6.07, 6.45) is 0. The highest BCUT2D eigenvalue weighted by atomic mass is 16.4. The molecule has 0 atom stereocenters. The van der Waals surface area contributed by atoms with Gasteiger partial charge in [-0.15, -0.1) is 10.2 Å². The highest BCUT2D eigenvalue weighted by Gasteiger charge is 2.09. The number of aromatic nitrogens is 3. The lowest BCUT2D eigenvalue weighted by Crippen LogP contribution is -1.96. The molecule has 0 radical (unpaired) electrons. The smallest absolute Gasteiger partial charge is 0.268 e. The molecule has 2 N–H and O–H groups in total. The van der Waals surface area contributed by atoms with Crippen LogP contribution >= 0.6 is 0 Å². The third kappa shape index (κ3) is 0.827. The molecule has 0 spiro atoms. The molecule has 62 valence electrons. The largest absolute Gasteiger partial charge is 0.421 e. The molecule has 0 saturated carbocycles. The molecule has 12 heavy (non-hydrogen) atoms. The Labute approximate surface area is 68.6 Å². The third-order valence-corrected chi connectivity index (χ3v) is 1.65. The number of oxazole rings is 1. The number of anilines is 1. The molecule has 5 heteroatoms. The molecule has 0 fully saturated rings. The molecule has 0 amide bonds. The fourth-order valence-electron chi connectivity index (χ4n) is 1.01. The summed E-state index contributed by atoms with van der Waals surface area (Å²) in [6.45, 7) is 3.53. The van der Waals surface area contributed by atoms with Gasteiger partial charge in [0, 0.05) is 6.92 Å². The van der Waals surface area contributed by atoms with Crippen molar-refractivity contribution in [3.05, 3.63) is 11.6 Å². The molecule has 2 heterocycles. The molecule has 0 aliphatic carbocycles. The molecule has 2 rings (SSSR count). The maximum absolute atomic E-state index is 5.71. The number of aryl methyl sites for hydroxylation is 2. The van der Waals surface area contributed by atoms with Crippen molar-refractivity contribution in [3.8, 4) is 0 Å². The van der Waals surface area contributed by atoms with Crippen molar-refractivity contribution in [2.75, 3.05) is 5.73 Å². The van der Waals surface area contributed by atoms with Crippen LogP contribution in [0.2, 0.25) is 0 Å². The summed E-state index contributed by atoms with van der Waals surface area (Å²) in [4.78, 5) is 4.08. The van der Waals surface area contributed by atoms with E-state index in [9.17, 15) is 0 Å². The molecule has 0 aliphatic rings. The van der Waals surface area contributed by atoms with Gasteiger partial charge in [0.2, 0.25) is 0 Å². The van der Waals surface area contributed by atoms with Crippen molar-refractivity contribution in [1.29, 1.82) is 0 Å². The number of rotatable bonds is 0. The predicted molar refractivity (Wildman–Crippen MR) is 43.5 cm³/mol.